The molecule has 1 heterocycles. The molecular formula is C25H26BrFN2O3. The second kappa shape index (κ2) is 10.7. The van der Waals surface area contributed by atoms with E-state index in [4.69, 9.17) is 14.2 Å². The van der Waals surface area contributed by atoms with Crippen LogP contribution in [0.15, 0.2) is 65.1 Å². The fourth-order valence-electron chi connectivity index (χ4n) is 3.60. The van der Waals surface area contributed by atoms with Gasteiger partial charge in [-0.25, -0.2) is 4.39 Å². The Morgan fingerprint density at radius 3 is 2.41 bits per heavy atom. The molecule has 0 bridgehead atoms. The van der Waals surface area contributed by atoms with Crippen LogP contribution < -0.4 is 19.7 Å². The molecule has 168 valence electrons. The zero-order valence-electron chi connectivity index (χ0n) is 17.9. The molecule has 1 N–H and O–H groups in total. The third kappa shape index (κ3) is 5.53. The van der Waals surface area contributed by atoms with Crippen molar-refractivity contribution in [2.45, 2.75) is 13.2 Å². The Kier molecular flexibility index (Phi) is 7.50. The molecule has 3 aromatic carbocycles. The summed E-state index contributed by atoms with van der Waals surface area (Å²) in [5.41, 5.74) is 4.04. The van der Waals surface area contributed by atoms with Crippen LogP contribution >= 0.6 is 15.9 Å². The molecule has 0 aromatic heterocycles. The van der Waals surface area contributed by atoms with E-state index in [-0.39, 0.29) is 5.82 Å². The first kappa shape index (κ1) is 22.4. The molecule has 0 atom stereocenters. The average molecular weight is 501 g/mol. The van der Waals surface area contributed by atoms with Gasteiger partial charge in [-0.1, -0.05) is 28.1 Å². The van der Waals surface area contributed by atoms with E-state index in [0.717, 1.165) is 47.6 Å². The van der Waals surface area contributed by atoms with Crippen LogP contribution in [0.2, 0.25) is 0 Å². The minimum Gasteiger partial charge on any atom is -0.493 e. The number of ether oxygens (including phenoxy) is 3. The lowest BCUT2D eigenvalue weighted by atomic mass is 10.1. The fourth-order valence-corrected chi connectivity index (χ4v) is 4.06. The van der Waals surface area contributed by atoms with Crippen LogP contribution in [0.3, 0.4) is 0 Å². The Hall–Kier alpha value is -2.77. The maximum absolute atomic E-state index is 13.2. The predicted octanol–water partition coefficient (Wildman–Crippen LogP) is 5.62. The van der Waals surface area contributed by atoms with Crippen LogP contribution in [0.1, 0.15) is 11.1 Å². The van der Waals surface area contributed by atoms with Gasteiger partial charge in [0, 0.05) is 41.0 Å². The van der Waals surface area contributed by atoms with Crippen LogP contribution in [0.25, 0.3) is 0 Å². The maximum Gasteiger partial charge on any atom is 0.167 e. The lowest BCUT2D eigenvalue weighted by Gasteiger charge is -2.29. The monoisotopic (exact) mass is 500 g/mol. The number of hydrogen-bond acceptors (Lipinski definition) is 5. The molecule has 3 aromatic rings. The first-order valence-corrected chi connectivity index (χ1v) is 11.3. The van der Waals surface area contributed by atoms with Gasteiger partial charge in [-0.2, -0.15) is 0 Å². The van der Waals surface area contributed by atoms with E-state index in [1.165, 1.54) is 17.8 Å². The minimum absolute atomic E-state index is 0.265. The smallest absolute Gasteiger partial charge is 0.167 e. The Morgan fingerprint density at radius 2 is 1.72 bits per heavy atom. The number of rotatable bonds is 8. The largest absolute Gasteiger partial charge is 0.493 e. The fraction of sp³-hybridized carbons (Fsp3) is 0.280. The van der Waals surface area contributed by atoms with Crippen molar-refractivity contribution in [1.82, 2.24) is 0 Å². The summed E-state index contributed by atoms with van der Waals surface area (Å²) in [4.78, 5) is 2.33. The van der Waals surface area contributed by atoms with Gasteiger partial charge in [0.1, 0.15) is 12.4 Å². The summed E-state index contributed by atoms with van der Waals surface area (Å²) in [6.45, 7) is 4.23. The summed E-state index contributed by atoms with van der Waals surface area (Å²) in [7, 11) is 1.62. The van der Waals surface area contributed by atoms with Crippen LogP contribution in [0, 0.1) is 5.82 Å². The molecular weight excluding hydrogens is 475 g/mol. The molecule has 7 heteroatoms. The minimum atomic E-state index is -0.265. The lowest BCUT2D eigenvalue weighted by Crippen LogP contribution is -2.36. The molecule has 0 spiro atoms. The van der Waals surface area contributed by atoms with Gasteiger partial charge >= 0.3 is 0 Å². The van der Waals surface area contributed by atoms with Gasteiger partial charge in [-0.05, 0) is 54.1 Å². The Balaban J connectivity index is 1.46. The van der Waals surface area contributed by atoms with Crippen molar-refractivity contribution in [3.05, 3.63) is 82.1 Å². The van der Waals surface area contributed by atoms with Crippen molar-refractivity contribution in [2.24, 2.45) is 0 Å². The first-order valence-electron chi connectivity index (χ1n) is 10.5. The van der Waals surface area contributed by atoms with Gasteiger partial charge < -0.3 is 24.4 Å². The Morgan fingerprint density at radius 1 is 1.00 bits per heavy atom. The molecule has 5 nitrogen and oxygen atoms in total. The number of anilines is 2. The van der Waals surface area contributed by atoms with Crippen LogP contribution in [-0.4, -0.2) is 33.4 Å². The number of morpholine rings is 1. The number of nitrogens with zero attached hydrogens (tertiary/aromatic N) is 1. The molecule has 1 saturated heterocycles. The first-order chi connectivity index (χ1) is 15.6. The van der Waals surface area contributed by atoms with Gasteiger partial charge in [-0.15, -0.1) is 0 Å². The Bertz CT molecular complexity index is 1020. The van der Waals surface area contributed by atoms with E-state index in [0.29, 0.717) is 24.7 Å². The lowest BCUT2D eigenvalue weighted by molar-refractivity contribution is 0.122. The second-order valence-electron chi connectivity index (χ2n) is 7.47. The zero-order valence-corrected chi connectivity index (χ0v) is 19.5. The summed E-state index contributed by atoms with van der Waals surface area (Å²) in [6.07, 6.45) is 0. The van der Waals surface area contributed by atoms with E-state index >= 15 is 0 Å². The molecule has 1 aliphatic heterocycles. The highest BCUT2D eigenvalue weighted by Gasteiger charge is 2.16. The Labute approximate surface area is 196 Å². The number of nitrogens with one attached hydrogen (secondary N) is 1. The van der Waals surface area contributed by atoms with Crippen molar-refractivity contribution in [3.8, 4) is 11.5 Å². The van der Waals surface area contributed by atoms with Crippen LogP contribution in [-0.2, 0) is 17.9 Å². The summed E-state index contributed by atoms with van der Waals surface area (Å²) < 4.78 is 31.2. The molecule has 1 fully saturated rings. The van der Waals surface area contributed by atoms with E-state index in [1.54, 1.807) is 19.2 Å². The molecule has 4 rings (SSSR count). The zero-order chi connectivity index (χ0) is 22.3. The highest BCUT2D eigenvalue weighted by molar-refractivity contribution is 9.10. The summed E-state index contributed by atoms with van der Waals surface area (Å²) in [5.74, 6) is 1.04. The highest BCUT2D eigenvalue weighted by atomic mass is 79.9. The standard InChI is InChI=1S/C25H26BrFN2O3/c1-30-24-11-10-23(26)22(25(24)32-17-18-2-4-19(27)5-3-18)16-28-20-6-8-21(9-7-20)29-12-14-31-15-13-29/h2-11,28H,12-17H2,1H3. The van der Waals surface area contributed by atoms with E-state index in [1.807, 2.05) is 12.1 Å². The van der Waals surface area contributed by atoms with Gasteiger partial charge in [0.2, 0.25) is 0 Å². The summed E-state index contributed by atoms with van der Waals surface area (Å²) >= 11 is 3.64. The normalized spacial score (nSPS) is 13.7. The molecule has 32 heavy (non-hydrogen) atoms. The topological polar surface area (TPSA) is 43.0 Å². The highest BCUT2D eigenvalue weighted by Crippen LogP contribution is 2.37. The average Bonchev–Trinajstić information content (AvgIpc) is 2.84. The van der Waals surface area contributed by atoms with Gasteiger partial charge in [-0.3, -0.25) is 0 Å². The number of benzene rings is 3. The van der Waals surface area contributed by atoms with E-state index < -0.39 is 0 Å². The maximum atomic E-state index is 13.2. The van der Waals surface area contributed by atoms with Crippen molar-refractivity contribution in [2.75, 3.05) is 43.6 Å². The third-order valence-corrected chi connectivity index (χ3v) is 6.14. The van der Waals surface area contributed by atoms with Gasteiger partial charge in [0.15, 0.2) is 11.5 Å². The number of halogens is 2. The van der Waals surface area contributed by atoms with Gasteiger partial charge in [0.05, 0.1) is 20.3 Å². The molecule has 0 amide bonds. The van der Waals surface area contributed by atoms with Crippen molar-refractivity contribution >= 4 is 27.3 Å². The van der Waals surface area contributed by atoms with Gasteiger partial charge in [0.25, 0.3) is 0 Å². The molecule has 0 aliphatic carbocycles. The SMILES string of the molecule is COc1ccc(Br)c(CNc2ccc(N3CCOCC3)cc2)c1OCc1ccc(F)cc1. The molecule has 0 radical (unpaired) electrons. The third-order valence-electron chi connectivity index (χ3n) is 5.40. The van der Waals surface area contributed by atoms with Crippen molar-refractivity contribution in [1.29, 1.82) is 0 Å². The van der Waals surface area contributed by atoms with E-state index in [2.05, 4.69) is 50.4 Å². The van der Waals surface area contributed by atoms with E-state index in [9.17, 15) is 4.39 Å². The number of hydrogen-bond donors (Lipinski definition) is 1. The second-order valence-corrected chi connectivity index (χ2v) is 8.33. The molecule has 0 saturated carbocycles. The molecule has 1 aliphatic rings. The number of methoxy groups -OCH3 is 1. The quantitative estimate of drug-likeness (QED) is 0.434. The van der Waals surface area contributed by atoms with Crippen molar-refractivity contribution < 1.29 is 18.6 Å². The predicted molar refractivity (Wildman–Crippen MR) is 128 cm³/mol. The summed E-state index contributed by atoms with van der Waals surface area (Å²) in [5, 5.41) is 3.47. The summed E-state index contributed by atoms with van der Waals surface area (Å²) in [6, 6.07) is 18.5. The van der Waals surface area contributed by atoms with Crippen LogP contribution in [0.5, 0.6) is 11.5 Å². The molecule has 0 unspecified atom stereocenters. The van der Waals surface area contributed by atoms with Crippen LogP contribution in [0.4, 0.5) is 15.8 Å². The van der Waals surface area contributed by atoms with Crippen molar-refractivity contribution in [3.63, 3.8) is 0 Å².